The third kappa shape index (κ3) is 6.57. The number of hydrogen-bond acceptors (Lipinski definition) is 4. The summed E-state index contributed by atoms with van der Waals surface area (Å²) in [4.78, 5) is 36.6. The van der Waals surface area contributed by atoms with Gasteiger partial charge in [0.1, 0.15) is 6.61 Å². The molecule has 0 unspecified atom stereocenters. The first-order valence-corrected chi connectivity index (χ1v) is 11.6. The Hall–Kier alpha value is -3.35. The molecule has 2 aromatic carbocycles. The molecule has 7 heteroatoms. The van der Waals surface area contributed by atoms with E-state index in [2.05, 4.69) is 29.6 Å². The van der Waals surface area contributed by atoms with Crippen molar-refractivity contribution >= 4 is 18.0 Å². The van der Waals surface area contributed by atoms with E-state index in [1.54, 1.807) is 4.90 Å². The first kappa shape index (κ1) is 24.3. The molecule has 0 radical (unpaired) electrons. The average molecular weight is 453 g/mol. The highest BCUT2D eigenvalue weighted by molar-refractivity contribution is 5.79. The first-order valence-electron chi connectivity index (χ1n) is 11.6. The largest absolute Gasteiger partial charge is 0.481 e. The van der Waals surface area contributed by atoms with Gasteiger partial charge in [0.25, 0.3) is 0 Å². The molecule has 0 aromatic heterocycles. The van der Waals surface area contributed by atoms with E-state index in [9.17, 15) is 14.4 Å². The van der Waals surface area contributed by atoms with Crippen molar-refractivity contribution < 1.29 is 24.2 Å². The fourth-order valence-electron chi connectivity index (χ4n) is 4.27. The number of carbonyl (C=O) groups excluding carboxylic acids is 2. The maximum atomic E-state index is 12.2. The zero-order valence-corrected chi connectivity index (χ0v) is 19.1. The van der Waals surface area contributed by atoms with Crippen molar-refractivity contribution in [2.75, 3.05) is 26.2 Å². The number of carboxylic acids is 1. The Morgan fingerprint density at radius 3 is 2.18 bits per heavy atom. The van der Waals surface area contributed by atoms with E-state index in [0.717, 1.165) is 12.8 Å². The number of nitrogens with one attached hydrogen (secondary N) is 1. The molecule has 2 aromatic rings. The summed E-state index contributed by atoms with van der Waals surface area (Å²) in [6, 6.07) is 16.4. The second kappa shape index (κ2) is 12.0. The summed E-state index contributed by atoms with van der Waals surface area (Å²) >= 11 is 0. The van der Waals surface area contributed by atoms with Gasteiger partial charge in [-0.15, -0.1) is 0 Å². The number of amides is 2. The van der Waals surface area contributed by atoms with Crippen molar-refractivity contribution in [3.8, 4) is 11.1 Å². The Balaban J connectivity index is 1.34. The predicted molar refractivity (Wildman–Crippen MR) is 126 cm³/mol. The van der Waals surface area contributed by atoms with Crippen LogP contribution in [0.2, 0.25) is 0 Å². The quantitative estimate of drug-likeness (QED) is 0.465. The molecule has 1 aliphatic carbocycles. The van der Waals surface area contributed by atoms with Gasteiger partial charge in [-0.3, -0.25) is 9.59 Å². The van der Waals surface area contributed by atoms with Gasteiger partial charge in [0, 0.05) is 32.0 Å². The number of nitrogens with zero attached hydrogens (tertiary/aromatic N) is 1. The molecule has 0 bridgehead atoms. The molecule has 0 atom stereocenters. The maximum Gasteiger partial charge on any atom is 0.407 e. The number of rotatable bonds is 12. The van der Waals surface area contributed by atoms with E-state index < -0.39 is 12.1 Å². The van der Waals surface area contributed by atoms with Crippen molar-refractivity contribution in [3.05, 3.63) is 59.7 Å². The van der Waals surface area contributed by atoms with E-state index >= 15 is 0 Å². The number of benzene rings is 2. The van der Waals surface area contributed by atoms with Crippen LogP contribution in [0.5, 0.6) is 0 Å². The first-order chi connectivity index (χ1) is 16.0. The zero-order chi connectivity index (χ0) is 23.6. The van der Waals surface area contributed by atoms with Crippen LogP contribution in [0.1, 0.15) is 56.1 Å². The number of carboxylic acid groups (broad SMARTS) is 1. The summed E-state index contributed by atoms with van der Waals surface area (Å²) < 4.78 is 5.52. The van der Waals surface area contributed by atoms with Gasteiger partial charge < -0.3 is 20.1 Å². The molecule has 0 saturated heterocycles. The summed E-state index contributed by atoms with van der Waals surface area (Å²) in [5.41, 5.74) is 4.75. The fraction of sp³-hybridized carbons (Fsp3) is 0.423. The summed E-state index contributed by atoms with van der Waals surface area (Å²) in [7, 11) is 0. The topological polar surface area (TPSA) is 95.9 Å². The Morgan fingerprint density at radius 1 is 0.939 bits per heavy atom. The summed E-state index contributed by atoms with van der Waals surface area (Å²) in [5, 5.41) is 11.5. The lowest BCUT2D eigenvalue weighted by atomic mass is 9.98. The van der Waals surface area contributed by atoms with Crippen LogP contribution in [0.15, 0.2) is 48.5 Å². The number of hydrogen-bond donors (Lipinski definition) is 2. The van der Waals surface area contributed by atoms with Crippen LogP contribution in [0.4, 0.5) is 4.79 Å². The SMILES string of the molecule is CCN(CCC(=O)O)C(=O)CCCCCNC(=O)OCC1c2ccccc2-c2ccccc21. The molecule has 3 rings (SSSR count). The van der Waals surface area contributed by atoms with E-state index in [4.69, 9.17) is 9.84 Å². The second-order valence-electron chi connectivity index (χ2n) is 8.18. The van der Waals surface area contributed by atoms with Gasteiger partial charge >= 0.3 is 12.1 Å². The number of ether oxygens (including phenoxy) is 1. The van der Waals surface area contributed by atoms with Gasteiger partial charge in [-0.05, 0) is 42.0 Å². The third-order valence-corrected chi connectivity index (χ3v) is 6.01. The highest BCUT2D eigenvalue weighted by Gasteiger charge is 2.28. The molecule has 0 saturated carbocycles. The maximum absolute atomic E-state index is 12.2. The number of fused-ring (bicyclic) bond motifs is 3. The molecule has 0 aliphatic heterocycles. The number of carbonyl (C=O) groups is 3. The van der Waals surface area contributed by atoms with Gasteiger partial charge in [0.05, 0.1) is 6.42 Å². The summed E-state index contributed by atoms with van der Waals surface area (Å²) in [5.74, 6) is -0.888. The second-order valence-corrected chi connectivity index (χ2v) is 8.18. The zero-order valence-electron chi connectivity index (χ0n) is 19.1. The molecule has 7 nitrogen and oxygen atoms in total. The van der Waals surface area contributed by atoms with E-state index in [1.165, 1.54) is 22.3 Å². The Bertz CT molecular complexity index is 929. The van der Waals surface area contributed by atoms with Crippen molar-refractivity contribution in [3.63, 3.8) is 0 Å². The normalized spacial score (nSPS) is 12.0. The van der Waals surface area contributed by atoms with E-state index in [-0.39, 0.29) is 31.4 Å². The molecule has 1 aliphatic rings. The standard InChI is InChI=1S/C26H32N2O5/c1-2-28(17-15-25(30)31)24(29)14-4-3-9-16-27-26(32)33-18-23-21-12-7-5-10-19(21)20-11-6-8-13-22(20)23/h5-8,10-13,23H,2-4,9,14-18H2,1H3,(H,27,32)(H,30,31). The van der Waals surface area contributed by atoms with Crippen LogP contribution in [-0.4, -0.2) is 54.2 Å². The predicted octanol–water partition coefficient (Wildman–Crippen LogP) is 4.41. The molecular weight excluding hydrogens is 420 g/mol. The molecular formula is C26H32N2O5. The average Bonchev–Trinajstić information content (AvgIpc) is 3.14. The minimum absolute atomic E-state index is 0.0248. The molecule has 0 heterocycles. The van der Waals surface area contributed by atoms with E-state index in [0.29, 0.717) is 25.9 Å². The van der Waals surface area contributed by atoms with Crippen molar-refractivity contribution in [2.45, 2.75) is 44.9 Å². The van der Waals surface area contributed by atoms with Gasteiger partial charge in [0.2, 0.25) is 5.91 Å². The molecule has 0 spiro atoms. The Kier molecular flexibility index (Phi) is 8.87. The lowest BCUT2D eigenvalue weighted by molar-refractivity contribution is -0.138. The minimum atomic E-state index is -0.902. The van der Waals surface area contributed by atoms with Crippen LogP contribution in [0.25, 0.3) is 11.1 Å². The van der Waals surface area contributed by atoms with Crippen molar-refractivity contribution in [2.24, 2.45) is 0 Å². The third-order valence-electron chi connectivity index (χ3n) is 6.01. The lowest BCUT2D eigenvalue weighted by Crippen LogP contribution is -2.32. The smallest absolute Gasteiger partial charge is 0.407 e. The monoisotopic (exact) mass is 452 g/mol. The molecule has 176 valence electrons. The highest BCUT2D eigenvalue weighted by atomic mass is 16.5. The van der Waals surface area contributed by atoms with E-state index in [1.807, 2.05) is 31.2 Å². The lowest BCUT2D eigenvalue weighted by Gasteiger charge is -2.19. The van der Waals surface area contributed by atoms with Crippen LogP contribution >= 0.6 is 0 Å². The van der Waals surface area contributed by atoms with Gasteiger partial charge in [-0.1, -0.05) is 55.0 Å². The summed E-state index contributed by atoms with van der Waals surface area (Å²) in [6.07, 6.45) is 2.17. The highest BCUT2D eigenvalue weighted by Crippen LogP contribution is 2.44. The molecule has 2 amide bonds. The van der Waals surface area contributed by atoms with Crippen LogP contribution in [-0.2, 0) is 14.3 Å². The molecule has 2 N–H and O–H groups in total. The number of alkyl carbamates (subject to hydrolysis) is 1. The summed E-state index contributed by atoms with van der Waals surface area (Å²) in [6.45, 7) is 3.38. The van der Waals surface area contributed by atoms with Crippen LogP contribution < -0.4 is 5.32 Å². The molecule has 0 fully saturated rings. The Morgan fingerprint density at radius 2 is 1.58 bits per heavy atom. The van der Waals surface area contributed by atoms with Gasteiger partial charge in [-0.25, -0.2) is 4.79 Å². The van der Waals surface area contributed by atoms with Gasteiger partial charge in [-0.2, -0.15) is 0 Å². The van der Waals surface area contributed by atoms with Crippen molar-refractivity contribution in [1.29, 1.82) is 0 Å². The van der Waals surface area contributed by atoms with Gasteiger partial charge in [0.15, 0.2) is 0 Å². The Labute approximate surface area is 194 Å². The van der Waals surface area contributed by atoms with Crippen LogP contribution in [0.3, 0.4) is 0 Å². The van der Waals surface area contributed by atoms with Crippen molar-refractivity contribution in [1.82, 2.24) is 10.2 Å². The molecule has 33 heavy (non-hydrogen) atoms. The van der Waals surface area contributed by atoms with Crippen LogP contribution in [0, 0.1) is 0 Å². The minimum Gasteiger partial charge on any atom is -0.481 e. The number of unbranched alkanes of at least 4 members (excludes halogenated alkanes) is 2. The fourth-order valence-corrected chi connectivity index (χ4v) is 4.27. The number of aliphatic carboxylic acids is 1.